The van der Waals surface area contributed by atoms with Crippen molar-refractivity contribution in [3.05, 3.63) is 58.6 Å². The number of aromatic nitrogens is 1. The highest BCUT2D eigenvalue weighted by molar-refractivity contribution is 7.17. The minimum absolute atomic E-state index is 0.682. The van der Waals surface area contributed by atoms with Crippen molar-refractivity contribution in [2.45, 2.75) is 6.54 Å². The molecule has 0 saturated heterocycles. The second-order valence-electron chi connectivity index (χ2n) is 3.94. The van der Waals surface area contributed by atoms with Gasteiger partial charge < -0.3 is 5.32 Å². The van der Waals surface area contributed by atoms with Gasteiger partial charge in [-0.1, -0.05) is 29.8 Å². The number of nitrogens with one attached hydrogen (secondary N) is 1. The number of halogens is 1. The lowest BCUT2D eigenvalue weighted by Gasteiger charge is -2.08. The van der Waals surface area contributed by atoms with Crippen LogP contribution in [0.15, 0.2) is 48.0 Å². The average Bonchev–Trinajstić information content (AvgIpc) is 2.86. The van der Waals surface area contributed by atoms with E-state index in [1.807, 2.05) is 36.5 Å². The SMILES string of the molecule is Clc1ccccc1CNc1nccc2sccc12. The Morgan fingerprint density at radius 3 is 2.94 bits per heavy atom. The molecule has 2 heterocycles. The van der Waals surface area contributed by atoms with E-state index in [0.717, 1.165) is 21.8 Å². The smallest absolute Gasteiger partial charge is 0.134 e. The summed E-state index contributed by atoms with van der Waals surface area (Å²) in [5.41, 5.74) is 1.08. The number of benzene rings is 1. The summed E-state index contributed by atoms with van der Waals surface area (Å²) in [6.45, 7) is 0.682. The van der Waals surface area contributed by atoms with Crippen LogP contribution in [0.3, 0.4) is 0 Å². The minimum Gasteiger partial charge on any atom is -0.365 e. The molecule has 0 amide bonds. The molecule has 2 aromatic heterocycles. The van der Waals surface area contributed by atoms with Gasteiger partial charge in [-0.05, 0) is 29.1 Å². The van der Waals surface area contributed by atoms with E-state index in [1.165, 1.54) is 4.70 Å². The Bertz CT molecular complexity index is 678. The molecule has 3 aromatic rings. The Morgan fingerprint density at radius 1 is 1.17 bits per heavy atom. The van der Waals surface area contributed by atoms with Crippen LogP contribution in [-0.4, -0.2) is 4.98 Å². The molecule has 0 saturated carbocycles. The highest BCUT2D eigenvalue weighted by atomic mass is 35.5. The van der Waals surface area contributed by atoms with Crippen LogP contribution in [0.5, 0.6) is 0 Å². The number of fused-ring (bicyclic) bond motifs is 1. The summed E-state index contributed by atoms with van der Waals surface area (Å²) in [4.78, 5) is 4.38. The molecule has 0 unspecified atom stereocenters. The Hall–Kier alpha value is -1.58. The second-order valence-corrected chi connectivity index (χ2v) is 5.29. The van der Waals surface area contributed by atoms with E-state index in [4.69, 9.17) is 11.6 Å². The molecule has 0 atom stereocenters. The highest BCUT2D eigenvalue weighted by Crippen LogP contribution is 2.26. The molecule has 0 spiro atoms. The molecule has 3 rings (SSSR count). The quantitative estimate of drug-likeness (QED) is 0.757. The monoisotopic (exact) mass is 274 g/mol. The van der Waals surface area contributed by atoms with Gasteiger partial charge in [-0.25, -0.2) is 4.98 Å². The summed E-state index contributed by atoms with van der Waals surface area (Å²) >= 11 is 7.85. The van der Waals surface area contributed by atoms with Gasteiger partial charge in [0.25, 0.3) is 0 Å². The van der Waals surface area contributed by atoms with E-state index >= 15 is 0 Å². The van der Waals surface area contributed by atoms with E-state index in [9.17, 15) is 0 Å². The standard InChI is InChI=1S/C14H11ClN2S/c15-12-4-2-1-3-10(12)9-17-14-11-6-8-18-13(11)5-7-16-14/h1-8H,9H2,(H,16,17). The molecular weight excluding hydrogens is 264 g/mol. The molecule has 4 heteroatoms. The summed E-state index contributed by atoms with van der Waals surface area (Å²) < 4.78 is 1.24. The summed E-state index contributed by atoms with van der Waals surface area (Å²) in [6, 6.07) is 12.0. The van der Waals surface area contributed by atoms with Crippen LogP contribution in [0.4, 0.5) is 5.82 Å². The molecular formula is C14H11ClN2S. The summed E-state index contributed by atoms with van der Waals surface area (Å²) in [7, 11) is 0. The number of anilines is 1. The van der Waals surface area contributed by atoms with Crippen molar-refractivity contribution in [1.82, 2.24) is 4.98 Å². The van der Waals surface area contributed by atoms with Crippen LogP contribution >= 0.6 is 22.9 Å². The van der Waals surface area contributed by atoms with Gasteiger partial charge in [0.15, 0.2) is 0 Å². The third kappa shape index (κ3) is 2.19. The molecule has 0 aliphatic carbocycles. The van der Waals surface area contributed by atoms with Crippen LogP contribution in [0.1, 0.15) is 5.56 Å². The Kier molecular flexibility index (Phi) is 3.17. The van der Waals surface area contributed by atoms with Crippen LogP contribution in [0.25, 0.3) is 10.1 Å². The Morgan fingerprint density at radius 2 is 2.06 bits per heavy atom. The lowest BCUT2D eigenvalue weighted by atomic mass is 10.2. The third-order valence-electron chi connectivity index (χ3n) is 2.78. The number of hydrogen-bond acceptors (Lipinski definition) is 3. The highest BCUT2D eigenvalue weighted by Gasteiger charge is 2.04. The molecule has 2 nitrogen and oxygen atoms in total. The van der Waals surface area contributed by atoms with Gasteiger partial charge in [0, 0.05) is 27.9 Å². The largest absolute Gasteiger partial charge is 0.365 e. The lowest BCUT2D eigenvalue weighted by molar-refractivity contribution is 1.12. The van der Waals surface area contributed by atoms with E-state index in [1.54, 1.807) is 11.3 Å². The van der Waals surface area contributed by atoms with Gasteiger partial charge in [-0.2, -0.15) is 0 Å². The van der Waals surface area contributed by atoms with E-state index in [2.05, 4.69) is 21.7 Å². The number of thiophene rings is 1. The predicted molar refractivity (Wildman–Crippen MR) is 78.4 cm³/mol. The molecule has 18 heavy (non-hydrogen) atoms. The Balaban J connectivity index is 1.85. The lowest BCUT2D eigenvalue weighted by Crippen LogP contribution is -2.01. The maximum atomic E-state index is 6.13. The molecule has 0 fully saturated rings. The topological polar surface area (TPSA) is 24.9 Å². The normalized spacial score (nSPS) is 10.7. The molecule has 0 aliphatic heterocycles. The first kappa shape index (κ1) is 11.5. The fraction of sp³-hybridized carbons (Fsp3) is 0.0714. The first-order valence-corrected chi connectivity index (χ1v) is 6.90. The van der Waals surface area contributed by atoms with Gasteiger partial charge in [-0.3, -0.25) is 0 Å². The second kappa shape index (κ2) is 4.96. The van der Waals surface area contributed by atoms with Crippen molar-refractivity contribution in [2.24, 2.45) is 0 Å². The molecule has 90 valence electrons. The molecule has 1 aromatic carbocycles. The first-order valence-electron chi connectivity index (χ1n) is 5.64. The number of rotatable bonds is 3. The first-order chi connectivity index (χ1) is 8.84. The van der Waals surface area contributed by atoms with Crippen LogP contribution in [0, 0.1) is 0 Å². The predicted octanol–water partition coefficient (Wildman–Crippen LogP) is 4.56. The van der Waals surface area contributed by atoms with Crippen molar-refractivity contribution < 1.29 is 0 Å². The molecule has 0 bridgehead atoms. The molecule has 0 aliphatic rings. The fourth-order valence-electron chi connectivity index (χ4n) is 1.86. The van der Waals surface area contributed by atoms with Gasteiger partial charge in [-0.15, -0.1) is 11.3 Å². The number of hydrogen-bond donors (Lipinski definition) is 1. The number of nitrogens with zero attached hydrogens (tertiary/aromatic N) is 1. The van der Waals surface area contributed by atoms with Crippen molar-refractivity contribution in [3.63, 3.8) is 0 Å². The summed E-state index contributed by atoms with van der Waals surface area (Å²) in [5.74, 6) is 0.911. The van der Waals surface area contributed by atoms with Crippen LogP contribution in [-0.2, 0) is 6.54 Å². The average molecular weight is 275 g/mol. The summed E-state index contributed by atoms with van der Waals surface area (Å²) in [5, 5.41) is 7.36. The maximum absolute atomic E-state index is 6.13. The van der Waals surface area contributed by atoms with Crippen LogP contribution in [0.2, 0.25) is 5.02 Å². The third-order valence-corrected chi connectivity index (χ3v) is 4.03. The van der Waals surface area contributed by atoms with Crippen molar-refractivity contribution in [2.75, 3.05) is 5.32 Å². The van der Waals surface area contributed by atoms with Gasteiger partial charge in [0.05, 0.1) is 0 Å². The molecule has 0 radical (unpaired) electrons. The van der Waals surface area contributed by atoms with Crippen LogP contribution < -0.4 is 5.32 Å². The van der Waals surface area contributed by atoms with Gasteiger partial charge >= 0.3 is 0 Å². The summed E-state index contributed by atoms with van der Waals surface area (Å²) in [6.07, 6.45) is 1.83. The zero-order valence-electron chi connectivity index (χ0n) is 9.56. The van der Waals surface area contributed by atoms with E-state index in [-0.39, 0.29) is 0 Å². The zero-order valence-corrected chi connectivity index (χ0v) is 11.1. The zero-order chi connectivity index (χ0) is 12.4. The van der Waals surface area contributed by atoms with Crippen molar-refractivity contribution >= 4 is 38.8 Å². The molecule has 1 N–H and O–H groups in total. The van der Waals surface area contributed by atoms with Gasteiger partial charge in [0.2, 0.25) is 0 Å². The minimum atomic E-state index is 0.682. The van der Waals surface area contributed by atoms with Crippen molar-refractivity contribution in [1.29, 1.82) is 0 Å². The fourth-order valence-corrected chi connectivity index (χ4v) is 2.84. The van der Waals surface area contributed by atoms with Gasteiger partial charge in [0.1, 0.15) is 5.82 Å². The van der Waals surface area contributed by atoms with E-state index in [0.29, 0.717) is 6.54 Å². The van der Waals surface area contributed by atoms with Crippen molar-refractivity contribution in [3.8, 4) is 0 Å². The number of pyridine rings is 1. The Labute approximate surface area is 114 Å². The maximum Gasteiger partial charge on any atom is 0.134 e. The van der Waals surface area contributed by atoms with E-state index < -0.39 is 0 Å².